The summed E-state index contributed by atoms with van der Waals surface area (Å²) in [4.78, 5) is 11.2. The third-order valence-electron chi connectivity index (χ3n) is 2.71. The van der Waals surface area contributed by atoms with Crippen molar-refractivity contribution >= 4 is 5.97 Å². The van der Waals surface area contributed by atoms with Crippen LogP contribution in [0.1, 0.15) is 13.8 Å². The maximum absolute atomic E-state index is 13.7. The van der Waals surface area contributed by atoms with Crippen LogP contribution in [-0.4, -0.2) is 31.3 Å². The van der Waals surface area contributed by atoms with Crippen molar-refractivity contribution in [2.24, 2.45) is 0 Å². The summed E-state index contributed by atoms with van der Waals surface area (Å²) in [6.07, 6.45) is 0. The molecular formula is C11H10F2N4O2. The van der Waals surface area contributed by atoms with Crippen LogP contribution in [0.15, 0.2) is 18.2 Å². The van der Waals surface area contributed by atoms with E-state index >= 15 is 0 Å². The van der Waals surface area contributed by atoms with Crippen LogP contribution in [0.3, 0.4) is 0 Å². The Morgan fingerprint density at radius 2 is 1.89 bits per heavy atom. The molecule has 0 atom stereocenters. The maximum Gasteiger partial charge on any atom is 0.331 e. The van der Waals surface area contributed by atoms with E-state index in [-0.39, 0.29) is 5.82 Å². The van der Waals surface area contributed by atoms with Gasteiger partial charge in [-0.1, -0.05) is 6.07 Å². The lowest BCUT2D eigenvalue weighted by Gasteiger charge is -2.20. The molecule has 2 aromatic rings. The summed E-state index contributed by atoms with van der Waals surface area (Å²) in [5.41, 5.74) is -1.99. The number of rotatable bonds is 3. The second kappa shape index (κ2) is 4.38. The van der Waals surface area contributed by atoms with Crippen molar-refractivity contribution in [3.63, 3.8) is 0 Å². The summed E-state index contributed by atoms with van der Waals surface area (Å²) in [7, 11) is 0. The number of benzene rings is 1. The highest BCUT2D eigenvalue weighted by atomic mass is 19.1. The Balaban J connectivity index is 2.67. The Hall–Kier alpha value is -2.38. The molecule has 0 aliphatic heterocycles. The second-order valence-corrected chi connectivity index (χ2v) is 4.38. The van der Waals surface area contributed by atoms with E-state index in [1.165, 1.54) is 19.9 Å². The molecule has 6 nitrogen and oxygen atoms in total. The summed E-state index contributed by atoms with van der Waals surface area (Å²) in [6.45, 7) is 2.65. The lowest BCUT2D eigenvalue weighted by molar-refractivity contribution is -0.146. The van der Waals surface area contributed by atoms with Crippen molar-refractivity contribution < 1.29 is 18.7 Å². The quantitative estimate of drug-likeness (QED) is 0.910. The number of aromatic nitrogens is 4. The largest absolute Gasteiger partial charge is 0.479 e. The SMILES string of the molecule is CC(C)(C(=O)O)n1nnnc1-c1c(F)cccc1F. The van der Waals surface area contributed by atoms with E-state index in [2.05, 4.69) is 15.5 Å². The molecule has 1 N–H and O–H groups in total. The number of nitrogens with zero attached hydrogens (tertiary/aromatic N) is 4. The molecule has 0 aliphatic carbocycles. The Labute approximate surface area is 106 Å². The molecule has 0 aliphatic rings. The standard InChI is InChI=1S/C11H10F2N4O2/c1-11(2,10(18)19)17-9(14-15-16-17)8-6(12)4-3-5-7(8)13/h3-5H,1-2H3,(H,18,19). The van der Waals surface area contributed by atoms with Gasteiger partial charge < -0.3 is 5.11 Å². The number of carbonyl (C=O) groups is 1. The molecule has 1 heterocycles. The normalized spacial score (nSPS) is 11.6. The fraction of sp³-hybridized carbons (Fsp3) is 0.273. The van der Waals surface area contributed by atoms with E-state index in [9.17, 15) is 13.6 Å². The van der Waals surface area contributed by atoms with Gasteiger partial charge in [0.2, 0.25) is 0 Å². The minimum absolute atomic E-state index is 0.275. The van der Waals surface area contributed by atoms with Crippen molar-refractivity contribution in [3.8, 4) is 11.4 Å². The summed E-state index contributed by atoms with van der Waals surface area (Å²) >= 11 is 0. The zero-order valence-corrected chi connectivity index (χ0v) is 10.1. The first-order valence-electron chi connectivity index (χ1n) is 5.32. The first-order valence-corrected chi connectivity index (χ1v) is 5.32. The van der Waals surface area contributed by atoms with Gasteiger partial charge in [0.25, 0.3) is 0 Å². The number of tetrazole rings is 1. The minimum Gasteiger partial charge on any atom is -0.479 e. The van der Waals surface area contributed by atoms with Crippen molar-refractivity contribution in [1.29, 1.82) is 0 Å². The number of hydrogen-bond donors (Lipinski definition) is 1. The Bertz CT molecular complexity index is 619. The smallest absolute Gasteiger partial charge is 0.331 e. The average molecular weight is 268 g/mol. The van der Waals surface area contributed by atoms with Crippen LogP contribution in [0, 0.1) is 11.6 Å². The highest BCUT2D eigenvalue weighted by Gasteiger charge is 2.35. The van der Waals surface area contributed by atoms with Gasteiger partial charge in [-0.25, -0.2) is 18.3 Å². The summed E-state index contributed by atoms with van der Waals surface area (Å²) in [5.74, 6) is -3.23. The van der Waals surface area contributed by atoms with E-state index in [0.29, 0.717) is 0 Å². The molecule has 0 saturated heterocycles. The molecule has 2 rings (SSSR count). The highest BCUT2D eigenvalue weighted by Crippen LogP contribution is 2.27. The maximum atomic E-state index is 13.7. The fourth-order valence-corrected chi connectivity index (χ4v) is 1.52. The highest BCUT2D eigenvalue weighted by molar-refractivity contribution is 5.76. The van der Waals surface area contributed by atoms with Crippen molar-refractivity contribution in [1.82, 2.24) is 20.2 Å². The van der Waals surface area contributed by atoms with Crippen LogP contribution in [-0.2, 0) is 10.3 Å². The van der Waals surface area contributed by atoms with E-state index in [4.69, 9.17) is 5.11 Å². The summed E-state index contributed by atoms with van der Waals surface area (Å²) in [5, 5.41) is 19.4. The second-order valence-electron chi connectivity index (χ2n) is 4.38. The molecule has 1 aromatic heterocycles. The molecule has 0 spiro atoms. The molecule has 19 heavy (non-hydrogen) atoms. The zero-order valence-electron chi connectivity index (χ0n) is 10.1. The number of halogens is 2. The van der Waals surface area contributed by atoms with Crippen LogP contribution in [0.2, 0.25) is 0 Å². The van der Waals surface area contributed by atoms with Crippen molar-refractivity contribution in [2.45, 2.75) is 19.4 Å². The van der Waals surface area contributed by atoms with Gasteiger partial charge in [0.05, 0.1) is 5.56 Å². The van der Waals surface area contributed by atoms with Crippen LogP contribution in [0.25, 0.3) is 11.4 Å². The van der Waals surface area contributed by atoms with Gasteiger partial charge in [0.1, 0.15) is 11.6 Å². The lowest BCUT2D eigenvalue weighted by atomic mass is 10.1. The van der Waals surface area contributed by atoms with E-state index < -0.39 is 28.7 Å². The van der Waals surface area contributed by atoms with Crippen molar-refractivity contribution in [3.05, 3.63) is 29.8 Å². The number of carboxylic acid groups (broad SMARTS) is 1. The van der Waals surface area contributed by atoms with Gasteiger partial charge in [0, 0.05) is 0 Å². The van der Waals surface area contributed by atoms with Gasteiger partial charge in [-0.05, 0) is 36.4 Å². The first-order chi connectivity index (χ1) is 8.85. The summed E-state index contributed by atoms with van der Waals surface area (Å²) in [6, 6.07) is 3.29. The van der Waals surface area contributed by atoms with Gasteiger partial charge in [0.15, 0.2) is 11.4 Å². The van der Waals surface area contributed by atoms with Crippen LogP contribution in [0.4, 0.5) is 8.78 Å². The van der Waals surface area contributed by atoms with E-state index in [1.807, 2.05) is 0 Å². The minimum atomic E-state index is -1.53. The predicted molar refractivity (Wildman–Crippen MR) is 60.1 cm³/mol. The van der Waals surface area contributed by atoms with Crippen LogP contribution >= 0.6 is 0 Å². The van der Waals surface area contributed by atoms with Crippen molar-refractivity contribution in [2.75, 3.05) is 0 Å². The van der Waals surface area contributed by atoms with Gasteiger partial charge in [-0.15, -0.1) is 5.10 Å². The Morgan fingerprint density at radius 1 is 1.32 bits per heavy atom. The first kappa shape index (κ1) is 13.1. The molecule has 100 valence electrons. The van der Waals surface area contributed by atoms with E-state index in [1.54, 1.807) is 0 Å². The van der Waals surface area contributed by atoms with Gasteiger partial charge in [-0.2, -0.15) is 0 Å². The molecule has 0 unspecified atom stereocenters. The molecule has 0 radical (unpaired) electrons. The number of hydrogen-bond acceptors (Lipinski definition) is 4. The van der Waals surface area contributed by atoms with E-state index in [0.717, 1.165) is 16.8 Å². The van der Waals surface area contributed by atoms with Crippen LogP contribution in [0.5, 0.6) is 0 Å². The molecule has 0 amide bonds. The molecule has 0 saturated carbocycles. The van der Waals surface area contributed by atoms with Crippen LogP contribution < -0.4 is 0 Å². The van der Waals surface area contributed by atoms with Gasteiger partial charge in [-0.3, -0.25) is 0 Å². The Morgan fingerprint density at radius 3 is 2.42 bits per heavy atom. The average Bonchev–Trinajstić information content (AvgIpc) is 2.78. The zero-order chi connectivity index (χ0) is 14.2. The number of carboxylic acids is 1. The van der Waals surface area contributed by atoms with Gasteiger partial charge >= 0.3 is 5.97 Å². The Kier molecular flexibility index (Phi) is 3.01. The molecule has 0 fully saturated rings. The third kappa shape index (κ3) is 2.05. The number of aliphatic carboxylic acids is 1. The molecular weight excluding hydrogens is 258 g/mol. The molecule has 8 heteroatoms. The predicted octanol–water partition coefficient (Wildman–Crippen LogP) is 1.44. The monoisotopic (exact) mass is 268 g/mol. The molecule has 0 bridgehead atoms. The fourth-order valence-electron chi connectivity index (χ4n) is 1.52. The summed E-state index contributed by atoms with van der Waals surface area (Å²) < 4.78 is 28.2. The molecule has 1 aromatic carbocycles. The topological polar surface area (TPSA) is 80.9 Å². The lowest BCUT2D eigenvalue weighted by Crippen LogP contribution is -2.37. The third-order valence-corrected chi connectivity index (χ3v) is 2.71.